The van der Waals surface area contributed by atoms with Crippen molar-refractivity contribution in [3.05, 3.63) is 0 Å². The van der Waals surface area contributed by atoms with Gasteiger partial charge in [-0.2, -0.15) is 0 Å². The Hall–Kier alpha value is 0.412. The molecule has 0 N–H and O–H groups in total. The largest absolute Gasteiger partial charge is 3.00 e. The van der Waals surface area contributed by atoms with Gasteiger partial charge in [-0.05, 0) is 35.5 Å². The van der Waals surface area contributed by atoms with Crippen LogP contribution in [0, 0.1) is 53.3 Å². The standard InChI is InChI=1S/3C8H17O.Al/c3*1-6(2)8(5-9)7(3)4;/h3*6-8H,5H2,1-4H3;/q3*-1;+3. The molecular formula is C24H51AlO3. The average molecular weight is 415 g/mol. The molecule has 0 aromatic carbocycles. The molecule has 0 bridgehead atoms. The Kier molecular flexibility index (Phi) is 26.5. The second-order valence-electron chi connectivity index (χ2n) is 9.96. The Labute approximate surface area is 188 Å². The molecule has 28 heavy (non-hydrogen) atoms. The van der Waals surface area contributed by atoms with E-state index in [1.807, 2.05) is 0 Å². The molecule has 0 rings (SSSR count). The molecule has 0 unspecified atom stereocenters. The molecule has 0 aliphatic carbocycles. The van der Waals surface area contributed by atoms with Gasteiger partial charge in [0.1, 0.15) is 0 Å². The third-order valence-corrected chi connectivity index (χ3v) is 5.72. The predicted octanol–water partition coefficient (Wildman–Crippen LogP) is 3.44. The van der Waals surface area contributed by atoms with Gasteiger partial charge >= 0.3 is 17.4 Å². The van der Waals surface area contributed by atoms with Crippen molar-refractivity contribution in [2.75, 3.05) is 19.8 Å². The average Bonchev–Trinajstić information content (AvgIpc) is 2.47. The fraction of sp³-hybridized carbons (Fsp3) is 1.00. The first-order valence-electron chi connectivity index (χ1n) is 11.0. The fourth-order valence-electron chi connectivity index (χ4n) is 3.46. The molecule has 0 saturated carbocycles. The first kappa shape index (κ1) is 35.8. The molecule has 0 atom stereocenters. The van der Waals surface area contributed by atoms with E-state index in [4.69, 9.17) is 0 Å². The van der Waals surface area contributed by atoms with Crippen LogP contribution >= 0.6 is 0 Å². The summed E-state index contributed by atoms with van der Waals surface area (Å²) in [5, 5.41) is 31.5. The summed E-state index contributed by atoms with van der Waals surface area (Å²) < 4.78 is 0. The van der Waals surface area contributed by atoms with Crippen molar-refractivity contribution in [3.63, 3.8) is 0 Å². The molecule has 3 nitrogen and oxygen atoms in total. The van der Waals surface area contributed by atoms with Crippen LogP contribution < -0.4 is 15.3 Å². The molecule has 168 valence electrons. The number of hydrogen-bond acceptors (Lipinski definition) is 3. The molecule has 0 spiro atoms. The summed E-state index contributed by atoms with van der Waals surface area (Å²) in [7, 11) is 0. The Morgan fingerprint density at radius 3 is 0.464 bits per heavy atom. The maximum absolute atomic E-state index is 10.5. The first-order valence-corrected chi connectivity index (χ1v) is 11.0. The second-order valence-corrected chi connectivity index (χ2v) is 9.96. The van der Waals surface area contributed by atoms with E-state index in [1.165, 1.54) is 0 Å². The maximum atomic E-state index is 10.5. The van der Waals surface area contributed by atoms with E-state index in [-0.39, 0.29) is 37.2 Å². The molecule has 0 saturated heterocycles. The van der Waals surface area contributed by atoms with E-state index >= 15 is 0 Å². The van der Waals surface area contributed by atoms with Crippen LogP contribution in [0.5, 0.6) is 0 Å². The van der Waals surface area contributed by atoms with E-state index in [0.29, 0.717) is 53.3 Å². The zero-order valence-electron chi connectivity index (χ0n) is 21.1. The van der Waals surface area contributed by atoms with Crippen molar-refractivity contribution in [2.24, 2.45) is 53.3 Å². The molecular weight excluding hydrogens is 363 g/mol. The van der Waals surface area contributed by atoms with Gasteiger partial charge in [0.15, 0.2) is 0 Å². The summed E-state index contributed by atoms with van der Waals surface area (Å²) in [4.78, 5) is 0. The predicted molar refractivity (Wildman–Crippen MR) is 120 cm³/mol. The van der Waals surface area contributed by atoms with Crippen LogP contribution in [0.1, 0.15) is 83.1 Å². The van der Waals surface area contributed by atoms with Crippen LogP contribution in [0.3, 0.4) is 0 Å². The number of hydrogen-bond donors (Lipinski definition) is 0. The van der Waals surface area contributed by atoms with Crippen molar-refractivity contribution in [3.8, 4) is 0 Å². The molecule has 4 heteroatoms. The quantitative estimate of drug-likeness (QED) is 0.543. The SMILES string of the molecule is CC(C)C(C[O-])C(C)C.CC(C)C(C[O-])C(C)C.CC(C)C(C[O-])C(C)C.[Al+3]. The molecule has 0 amide bonds. The van der Waals surface area contributed by atoms with Gasteiger partial charge in [0.2, 0.25) is 0 Å². The van der Waals surface area contributed by atoms with Gasteiger partial charge in [-0.1, -0.05) is 101 Å². The van der Waals surface area contributed by atoms with Gasteiger partial charge in [0.05, 0.1) is 0 Å². The summed E-state index contributed by atoms with van der Waals surface area (Å²) >= 11 is 0. The van der Waals surface area contributed by atoms with Crippen molar-refractivity contribution >= 4 is 17.4 Å². The van der Waals surface area contributed by atoms with E-state index in [0.717, 1.165) is 0 Å². The van der Waals surface area contributed by atoms with Gasteiger partial charge < -0.3 is 15.3 Å². The fourth-order valence-corrected chi connectivity index (χ4v) is 3.46. The Bertz CT molecular complexity index is 231. The minimum absolute atomic E-state index is 0. The van der Waals surface area contributed by atoms with Crippen LogP contribution in [0.25, 0.3) is 0 Å². The third kappa shape index (κ3) is 18.4. The normalized spacial score (nSPS) is 11.6. The zero-order valence-corrected chi connectivity index (χ0v) is 22.3. The van der Waals surface area contributed by atoms with E-state index in [9.17, 15) is 15.3 Å². The first-order chi connectivity index (χ1) is 12.3. The smallest absolute Gasteiger partial charge is 0.854 e. The minimum Gasteiger partial charge on any atom is -0.854 e. The molecule has 0 aliphatic heterocycles. The van der Waals surface area contributed by atoms with Crippen LogP contribution in [-0.4, -0.2) is 37.2 Å². The van der Waals surface area contributed by atoms with E-state index in [1.54, 1.807) is 0 Å². The van der Waals surface area contributed by atoms with Crippen molar-refractivity contribution < 1.29 is 15.3 Å². The van der Waals surface area contributed by atoms with Gasteiger partial charge in [-0.15, -0.1) is 19.8 Å². The molecule has 0 fully saturated rings. The van der Waals surface area contributed by atoms with Crippen LogP contribution in [0.4, 0.5) is 0 Å². The van der Waals surface area contributed by atoms with Gasteiger partial charge in [0, 0.05) is 0 Å². The number of rotatable bonds is 9. The minimum atomic E-state index is 0. The van der Waals surface area contributed by atoms with Crippen LogP contribution in [0.2, 0.25) is 0 Å². The summed E-state index contributed by atoms with van der Waals surface area (Å²) in [6.07, 6.45) is 0. The second kappa shape index (κ2) is 20.7. The van der Waals surface area contributed by atoms with Gasteiger partial charge in [-0.25, -0.2) is 0 Å². The van der Waals surface area contributed by atoms with E-state index in [2.05, 4.69) is 83.1 Å². The Morgan fingerprint density at radius 1 is 0.357 bits per heavy atom. The topological polar surface area (TPSA) is 69.2 Å². The van der Waals surface area contributed by atoms with Crippen LogP contribution in [0.15, 0.2) is 0 Å². The Balaban J connectivity index is -0.000000152. The van der Waals surface area contributed by atoms with Crippen LogP contribution in [-0.2, 0) is 0 Å². The summed E-state index contributed by atoms with van der Waals surface area (Å²) in [5.41, 5.74) is 0. The van der Waals surface area contributed by atoms with Gasteiger partial charge in [0.25, 0.3) is 0 Å². The Morgan fingerprint density at radius 2 is 0.464 bits per heavy atom. The van der Waals surface area contributed by atoms with Crippen molar-refractivity contribution in [1.29, 1.82) is 0 Å². The van der Waals surface area contributed by atoms with Gasteiger partial charge in [-0.3, -0.25) is 0 Å². The summed E-state index contributed by atoms with van der Waals surface area (Å²) in [6.45, 7) is 25.6. The molecule has 0 aliphatic rings. The molecule has 0 radical (unpaired) electrons. The molecule has 0 aromatic heterocycles. The van der Waals surface area contributed by atoms with Crippen molar-refractivity contribution in [1.82, 2.24) is 0 Å². The summed E-state index contributed by atoms with van der Waals surface area (Å²) in [5.74, 6) is 4.36. The monoisotopic (exact) mass is 414 g/mol. The maximum Gasteiger partial charge on any atom is 3.00 e. The molecule has 0 heterocycles. The summed E-state index contributed by atoms with van der Waals surface area (Å²) in [6, 6.07) is 0. The van der Waals surface area contributed by atoms with Crippen molar-refractivity contribution in [2.45, 2.75) is 83.1 Å². The third-order valence-electron chi connectivity index (χ3n) is 5.72. The zero-order chi connectivity index (χ0) is 22.3. The molecule has 0 aromatic rings. The van der Waals surface area contributed by atoms with E-state index < -0.39 is 0 Å².